The fourth-order valence-electron chi connectivity index (χ4n) is 2.44. The molecule has 104 valence electrons. The third kappa shape index (κ3) is 1.68. The highest BCUT2D eigenvalue weighted by Gasteiger charge is 2.34. The number of carbonyl (C=O) groups excluding carboxylic acids is 1. The summed E-state index contributed by atoms with van der Waals surface area (Å²) >= 11 is 0. The Morgan fingerprint density at radius 2 is 1.85 bits per heavy atom. The van der Waals surface area contributed by atoms with E-state index in [2.05, 4.69) is 0 Å². The van der Waals surface area contributed by atoms with Crippen molar-refractivity contribution in [1.29, 1.82) is 0 Å². The van der Waals surface area contributed by atoms with Gasteiger partial charge >= 0.3 is 0 Å². The molecule has 20 heavy (non-hydrogen) atoms. The standard InChI is InChI=1S/C14H14N2O3S/c1-2-9-15-11-6-3-4-8-13(11)20(18,19)16-10-5-7-12(16)14(15)17/h3-8,10H,2,9H2,1H3. The van der Waals surface area contributed by atoms with Gasteiger partial charge in [-0.2, -0.15) is 0 Å². The first-order valence-electron chi connectivity index (χ1n) is 6.41. The SMILES string of the molecule is CCCN1C(=O)c2cccn2S(=O)(=O)c2ccccc21. The van der Waals surface area contributed by atoms with Gasteiger partial charge in [-0.25, -0.2) is 12.4 Å². The number of fused-ring (bicyclic) bond motifs is 2. The van der Waals surface area contributed by atoms with Crippen LogP contribution in [0.1, 0.15) is 23.8 Å². The number of carbonyl (C=O) groups is 1. The topological polar surface area (TPSA) is 59.4 Å². The lowest BCUT2D eigenvalue weighted by Crippen LogP contribution is -2.31. The Morgan fingerprint density at radius 1 is 1.10 bits per heavy atom. The molecule has 0 bridgehead atoms. The number of para-hydroxylation sites is 1. The molecule has 0 atom stereocenters. The largest absolute Gasteiger partial charge is 0.306 e. The fraction of sp³-hybridized carbons (Fsp3) is 0.214. The molecular weight excluding hydrogens is 276 g/mol. The van der Waals surface area contributed by atoms with Gasteiger partial charge in [0.2, 0.25) is 0 Å². The Morgan fingerprint density at radius 3 is 2.60 bits per heavy atom. The number of hydrogen-bond donors (Lipinski definition) is 0. The van der Waals surface area contributed by atoms with E-state index in [-0.39, 0.29) is 16.5 Å². The molecule has 1 aliphatic heterocycles. The van der Waals surface area contributed by atoms with Crippen molar-refractivity contribution in [3.8, 4) is 0 Å². The molecule has 3 rings (SSSR count). The first kappa shape index (κ1) is 12.9. The second-order valence-electron chi connectivity index (χ2n) is 4.62. The third-order valence-corrected chi connectivity index (χ3v) is 5.05. The number of anilines is 1. The number of aromatic nitrogens is 1. The fourth-order valence-corrected chi connectivity index (χ4v) is 3.97. The smallest absolute Gasteiger partial charge is 0.275 e. The zero-order chi connectivity index (χ0) is 14.3. The lowest BCUT2D eigenvalue weighted by Gasteiger charge is -2.21. The minimum Gasteiger partial charge on any atom is -0.306 e. The van der Waals surface area contributed by atoms with Gasteiger partial charge in [0.05, 0.1) is 5.69 Å². The van der Waals surface area contributed by atoms with E-state index < -0.39 is 10.0 Å². The summed E-state index contributed by atoms with van der Waals surface area (Å²) in [6.07, 6.45) is 2.16. The molecule has 0 spiro atoms. The van der Waals surface area contributed by atoms with Gasteiger partial charge in [0.25, 0.3) is 15.9 Å². The van der Waals surface area contributed by atoms with Crippen LogP contribution in [0.3, 0.4) is 0 Å². The number of amides is 1. The van der Waals surface area contributed by atoms with Gasteiger partial charge in [-0.3, -0.25) is 4.79 Å². The van der Waals surface area contributed by atoms with Crippen molar-refractivity contribution >= 4 is 21.6 Å². The van der Waals surface area contributed by atoms with E-state index >= 15 is 0 Å². The van der Waals surface area contributed by atoms with E-state index in [1.807, 2.05) is 6.92 Å². The van der Waals surface area contributed by atoms with Crippen molar-refractivity contribution in [1.82, 2.24) is 3.97 Å². The van der Waals surface area contributed by atoms with Crippen LogP contribution in [0, 0.1) is 0 Å². The average Bonchev–Trinajstić information content (AvgIpc) is 2.92. The van der Waals surface area contributed by atoms with E-state index in [9.17, 15) is 13.2 Å². The van der Waals surface area contributed by atoms with E-state index in [0.29, 0.717) is 12.2 Å². The molecule has 1 aromatic carbocycles. The molecule has 0 fully saturated rings. The van der Waals surface area contributed by atoms with Crippen LogP contribution in [0.2, 0.25) is 0 Å². The minimum absolute atomic E-state index is 0.164. The Balaban J connectivity index is 2.37. The maximum atomic E-state index is 12.7. The monoisotopic (exact) mass is 290 g/mol. The van der Waals surface area contributed by atoms with Crippen molar-refractivity contribution in [2.75, 3.05) is 11.4 Å². The Kier molecular flexibility index (Phi) is 2.90. The molecule has 0 radical (unpaired) electrons. The Labute approximate surface area is 117 Å². The van der Waals surface area contributed by atoms with Gasteiger partial charge in [-0.05, 0) is 30.7 Å². The maximum Gasteiger partial charge on any atom is 0.275 e. The number of nitrogens with zero attached hydrogens (tertiary/aromatic N) is 2. The highest BCUT2D eigenvalue weighted by atomic mass is 32.2. The Hall–Kier alpha value is -2.08. The highest BCUT2D eigenvalue weighted by Crippen LogP contribution is 2.32. The van der Waals surface area contributed by atoms with Crippen LogP contribution in [0.25, 0.3) is 0 Å². The Bertz CT molecular complexity index is 777. The van der Waals surface area contributed by atoms with Crippen molar-refractivity contribution in [3.05, 3.63) is 48.3 Å². The summed E-state index contributed by atoms with van der Waals surface area (Å²) in [5, 5.41) is 0. The third-order valence-electron chi connectivity index (χ3n) is 3.32. The molecule has 1 aliphatic rings. The molecule has 0 saturated carbocycles. The second kappa shape index (κ2) is 4.49. The first-order chi connectivity index (χ1) is 9.57. The molecule has 2 heterocycles. The van der Waals surface area contributed by atoms with Crippen LogP contribution in [-0.4, -0.2) is 24.8 Å². The molecule has 0 N–H and O–H groups in total. The number of rotatable bonds is 2. The van der Waals surface area contributed by atoms with Crippen LogP contribution >= 0.6 is 0 Å². The molecule has 2 aromatic rings. The van der Waals surface area contributed by atoms with Crippen molar-refractivity contribution in [2.45, 2.75) is 18.2 Å². The molecule has 0 unspecified atom stereocenters. The van der Waals surface area contributed by atoms with E-state index in [0.717, 1.165) is 10.4 Å². The van der Waals surface area contributed by atoms with Gasteiger partial charge in [0, 0.05) is 12.7 Å². The lowest BCUT2D eigenvalue weighted by molar-refractivity contribution is 0.0981. The summed E-state index contributed by atoms with van der Waals surface area (Å²) < 4.78 is 26.4. The zero-order valence-corrected chi connectivity index (χ0v) is 11.8. The molecule has 0 aliphatic carbocycles. The van der Waals surface area contributed by atoms with Crippen LogP contribution in [0.15, 0.2) is 47.5 Å². The predicted octanol–water partition coefficient (Wildman–Crippen LogP) is 2.10. The molecule has 1 amide bonds. The number of hydrogen-bond acceptors (Lipinski definition) is 3. The van der Waals surface area contributed by atoms with E-state index in [1.165, 1.54) is 23.2 Å². The maximum absolute atomic E-state index is 12.7. The van der Waals surface area contributed by atoms with Gasteiger partial charge in [-0.1, -0.05) is 19.1 Å². The summed E-state index contributed by atoms with van der Waals surface area (Å²) in [7, 11) is -3.72. The first-order valence-corrected chi connectivity index (χ1v) is 7.85. The van der Waals surface area contributed by atoms with Gasteiger partial charge in [-0.15, -0.1) is 0 Å². The summed E-state index contributed by atoms with van der Waals surface area (Å²) in [5.41, 5.74) is 0.623. The predicted molar refractivity (Wildman–Crippen MR) is 75.4 cm³/mol. The van der Waals surface area contributed by atoms with Crippen LogP contribution in [0.5, 0.6) is 0 Å². The van der Waals surface area contributed by atoms with Gasteiger partial charge in [0.15, 0.2) is 0 Å². The lowest BCUT2D eigenvalue weighted by atomic mass is 10.2. The highest BCUT2D eigenvalue weighted by molar-refractivity contribution is 7.90. The molecule has 0 saturated heterocycles. The summed E-state index contributed by atoms with van der Waals surface area (Å²) in [6, 6.07) is 9.73. The molecule has 6 heteroatoms. The normalized spacial score (nSPS) is 16.4. The molecule has 5 nitrogen and oxygen atoms in total. The zero-order valence-electron chi connectivity index (χ0n) is 11.0. The van der Waals surface area contributed by atoms with E-state index in [1.54, 1.807) is 24.3 Å². The quantitative estimate of drug-likeness (QED) is 0.851. The summed E-state index contributed by atoms with van der Waals surface area (Å²) in [6.45, 7) is 2.44. The summed E-state index contributed by atoms with van der Waals surface area (Å²) in [4.78, 5) is 14.3. The summed E-state index contributed by atoms with van der Waals surface area (Å²) in [5.74, 6) is -0.287. The van der Waals surface area contributed by atoms with Crippen LogP contribution in [-0.2, 0) is 10.0 Å². The minimum atomic E-state index is -3.72. The van der Waals surface area contributed by atoms with E-state index in [4.69, 9.17) is 0 Å². The average molecular weight is 290 g/mol. The van der Waals surface area contributed by atoms with Crippen LogP contribution < -0.4 is 4.90 Å². The van der Waals surface area contributed by atoms with Crippen LogP contribution in [0.4, 0.5) is 5.69 Å². The van der Waals surface area contributed by atoms with Crippen molar-refractivity contribution in [2.24, 2.45) is 0 Å². The van der Waals surface area contributed by atoms with Crippen molar-refractivity contribution < 1.29 is 13.2 Å². The van der Waals surface area contributed by atoms with Gasteiger partial charge < -0.3 is 4.90 Å². The van der Waals surface area contributed by atoms with Gasteiger partial charge in [0.1, 0.15) is 10.6 Å². The van der Waals surface area contributed by atoms with Crippen molar-refractivity contribution in [3.63, 3.8) is 0 Å². The second-order valence-corrected chi connectivity index (χ2v) is 6.40. The number of benzene rings is 1. The molecule has 1 aromatic heterocycles. The molecular formula is C14H14N2O3S.